The van der Waals surface area contributed by atoms with Crippen molar-refractivity contribution in [2.24, 2.45) is 0 Å². The smallest absolute Gasteiger partial charge is 0.278 e. The fraction of sp³-hybridized carbons (Fsp3) is 0.250. The Morgan fingerprint density at radius 3 is 2.64 bits per heavy atom. The molecule has 14 heavy (non-hydrogen) atoms. The highest BCUT2D eigenvalue weighted by atomic mass is 19.3. The number of carbonyl (C=O) groups is 1. The van der Waals surface area contributed by atoms with Crippen molar-refractivity contribution < 1.29 is 18.3 Å². The molecule has 76 valence electrons. The first-order valence-corrected chi connectivity index (χ1v) is 3.64. The average molecular weight is 203 g/mol. The Balaban J connectivity index is 3.39. The lowest BCUT2D eigenvalue weighted by molar-refractivity contribution is 0.111. The Morgan fingerprint density at radius 2 is 2.21 bits per heavy atom. The van der Waals surface area contributed by atoms with Crippen LogP contribution < -0.4 is 10.3 Å². The first-order chi connectivity index (χ1) is 6.60. The number of aldehydes is 1. The molecule has 0 aromatic carbocycles. The van der Waals surface area contributed by atoms with Gasteiger partial charge >= 0.3 is 0 Å². The van der Waals surface area contributed by atoms with Gasteiger partial charge < -0.3 is 9.72 Å². The first kappa shape index (κ1) is 10.4. The van der Waals surface area contributed by atoms with Gasteiger partial charge in [-0.2, -0.15) is 0 Å². The van der Waals surface area contributed by atoms with Crippen LogP contribution >= 0.6 is 0 Å². The maximum absolute atomic E-state index is 12.2. The maximum atomic E-state index is 12.2. The SMILES string of the molecule is COc1cc(C(F)F)[nH]c(=O)c1C=O. The zero-order valence-electron chi connectivity index (χ0n) is 7.21. The van der Waals surface area contributed by atoms with Gasteiger partial charge in [0.25, 0.3) is 12.0 Å². The molecular weight excluding hydrogens is 196 g/mol. The second-order valence-corrected chi connectivity index (χ2v) is 2.45. The Labute approximate surface area is 77.5 Å². The van der Waals surface area contributed by atoms with E-state index >= 15 is 0 Å². The van der Waals surface area contributed by atoms with E-state index in [1.165, 1.54) is 7.11 Å². The topological polar surface area (TPSA) is 59.2 Å². The zero-order valence-corrected chi connectivity index (χ0v) is 7.21. The summed E-state index contributed by atoms with van der Waals surface area (Å²) in [5.41, 5.74) is -1.75. The van der Waals surface area contributed by atoms with Gasteiger partial charge in [-0.1, -0.05) is 0 Å². The summed E-state index contributed by atoms with van der Waals surface area (Å²) in [6.45, 7) is 0. The molecule has 0 atom stereocenters. The lowest BCUT2D eigenvalue weighted by Gasteiger charge is -2.05. The van der Waals surface area contributed by atoms with Gasteiger partial charge in [0, 0.05) is 6.07 Å². The molecule has 6 heteroatoms. The number of methoxy groups -OCH3 is 1. The summed E-state index contributed by atoms with van der Waals surface area (Å²) >= 11 is 0. The Hall–Kier alpha value is -1.72. The normalized spacial score (nSPS) is 10.3. The van der Waals surface area contributed by atoms with Gasteiger partial charge in [0.05, 0.1) is 12.8 Å². The molecule has 0 saturated carbocycles. The van der Waals surface area contributed by atoms with Crippen LogP contribution in [0.3, 0.4) is 0 Å². The van der Waals surface area contributed by atoms with Crippen molar-refractivity contribution in [2.75, 3.05) is 7.11 Å². The number of hydrogen-bond acceptors (Lipinski definition) is 3. The molecule has 0 aliphatic rings. The number of pyridine rings is 1. The summed E-state index contributed by atoms with van der Waals surface area (Å²) in [4.78, 5) is 23.3. The molecular formula is C8H7F2NO3. The maximum Gasteiger partial charge on any atom is 0.278 e. The predicted molar refractivity (Wildman–Crippen MR) is 44.0 cm³/mol. The van der Waals surface area contributed by atoms with Crippen LogP contribution in [0.2, 0.25) is 0 Å². The largest absolute Gasteiger partial charge is 0.496 e. The average Bonchev–Trinajstić information content (AvgIpc) is 2.16. The van der Waals surface area contributed by atoms with Crippen molar-refractivity contribution in [3.8, 4) is 5.75 Å². The monoisotopic (exact) mass is 203 g/mol. The molecule has 4 nitrogen and oxygen atoms in total. The van der Waals surface area contributed by atoms with Crippen molar-refractivity contribution >= 4 is 6.29 Å². The number of H-pyrrole nitrogens is 1. The lowest BCUT2D eigenvalue weighted by atomic mass is 10.2. The van der Waals surface area contributed by atoms with E-state index < -0.39 is 17.7 Å². The quantitative estimate of drug-likeness (QED) is 0.749. The number of halogens is 2. The van der Waals surface area contributed by atoms with Gasteiger partial charge in [0.2, 0.25) is 0 Å². The molecule has 0 spiro atoms. The molecule has 0 saturated heterocycles. The minimum atomic E-state index is -2.81. The number of alkyl halides is 2. The zero-order chi connectivity index (χ0) is 10.7. The molecule has 0 aliphatic heterocycles. The van der Waals surface area contributed by atoms with E-state index in [0.29, 0.717) is 0 Å². The van der Waals surface area contributed by atoms with E-state index in [2.05, 4.69) is 4.74 Å². The Morgan fingerprint density at radius 1 is 1.57 bits per heavy atom. The second kappa shape index (κ2) is 3.99. The number of nitrogens with one attached hydrogen (secondary N) is 1. The molecule has 1 aromatic heterocycles. The minimum absolute atomic E-state index is 0.154. The summed E-state index contributed by atoms with van der Waals surface area (Å²) in [7, 11) is 1.19. The van der Waals surface area contributed by atoms with Crippen LogP contribution in [0.15, 0.2) is 10.9 Å². The number of aromatic amines is 1. The third-order valence-electron chi connectivity index (χ3n) is 1.63. The highest BCUT2D eigenvalue weighted by Gasteiger charge is 2.14. The van der Waals surface area contributed by atoms with E-state index in [-0.39, 0.29) is 17.6 Å². The summed E-state index contributed by atoms with van der Waals surface area (Å²) in [6.07, 6.45) is -2.55. The summed E-state index contributed by atoms with van der Waals surface area (Å²) in [5.74, 6) is -0.154. The van der Waals surface area contributed by atoms with E-state index in [9.17, 15) is 18.4 Å². The van der Waals surface area contributed by atoms with Gasteiger partial charge in [-0.25, -0.2) is 8.78 Å². The first-order valence-electron chi connectivity index (χ1n) is 3.64. The van der Waals surface area contributed by atoms with E-state index in [1.807, 2.05) is 4.98 Å². The van der Waals surface area contributed by atoms with Crippen LogP contribution in [-0.4, -0.2) is 18.4 Å². The molecule has 1 heterocycles. The molecule has 1 N–H and O–H groups in total. The van der Waals surface area contributed by atoms with Crippen molar-refractivity contribution in [1.29, 1.82) is 0 Å². The molecule has 0 aliphatic carbocycles. The van der Waals surface area contributed by atoms with Crippen LogP contribution in [0.5, 0.6) is 5.75 Å². The van der Waals surface area contributed by atoms with Crippen molar-refractivity contribution in [3.05, 3.63) is 27.7 Å². The van der Waals surface area contributed by atoms with Crippen LogP contribution in [0, 0.1) is 0 Å². The van der Waals surface area contributed by atoms with E-state index in [1.54, 1.807) is 0 Å². The van der Waals surface area contributed by atoms with Crippen molar-refractivity contribution in [3.63, 3.8) is 0 Å². The predicted octanol–water partition coefficient (Wildman–Crippen LogP) is 1.13. The molecule has 0 amide bonds. The fourth-order valence-corrected chi connectivity index (χ4v) is 0.963. The van der Waals surface area contributed by atoms with E-state index in [0.717, 1.165) is 6.07 Å². The minimum Gasteiger partial charge on any atom is -0.496 e. The molecule has 0 bridgehead atoms. The van der Waals surface area contributed by atoms with Crippen molar-refractivity contribution in [2.45, 2.75) is 6.43 Å². The molecule has 1 rings (SSSR count). The van der Waals surface area contributed by atoms with Crippen molar-refractivity contribution in [1.82, 2.24) is 4.98 Å². The van der Waals surface area contributed by atoms with Crippen LogP contribution in [0.25, 0.3) is 0 Å². The van der Waals surface area contributed by atoms with Crippen LogP contribution in [-0.2, 0) is 0 Å². The number of aromatic nitrogens is 1. The third kappa shape index (κ3) is 1.78. The van der Waals surface area contributed by atoms with Gasteiger partial charge in [-0.05, 0) is 0 Å². The fourth-order valence-electron chi connectivity index (χ4n) is 0.963. The van der Waals surface area contributed by atoms with Crippen LogP contribution in [0.1, 0.15) is 22.5 Å². The Kier molecular flexibility index (Phi) is 2.95. The van der Waals surface area contributed by atoms with E-state index in [4.69, 9.17) is 0 Å². The molecule has 0 unspecified atom stereocenters. The summed E-state index contributed by atoms with van der Waals surface area (Å²) < 4.78 is 29.0. The number of hydrogen-bond donors (Lipinski definition) is 1. The molecule has 0 radical (unpaired) electrons. The highest BCUT2D eigenvalue weighted by Crippen LogP contribution is 2.20. The van der Waals surface area contributed by atoms with Gasteiger partial charge in [0.15, 0.2) is 6.29 Å². The summed E-state index contributed by atoms with van der Waals surface area (Å²) in [6, 6.07) is 0.926. The standard InChI is InChI=1S/C8H7F2NO3/c1-14-6-2-5(7(9)10)11-8(13)4(6)3-12/h2-3,7H,1H3,(H,11,13). The molecule has 0 fully saturated rings. The number of rotatable bonds is 3. The van der Waals surface area contributed by atoms with Crippen LogP contribution in [0.4, 0.5) is 8.78 Å². The summed E-state index contributed by atoms with van der Waals surface area (Å²) in [5, 5.41) is 0. The number of ether oxygens (including phenoxy) is 1. The van der Waals surface area contributed by atoms with Gasteiger partial charge in [-0.3, -0.25) is 9.59 Å². The Bertz CT molecular complexity index is 400. The van der Waals surface area contributed by atoms with Gasteiger partial charge in [-0.15, -0.1) is 0 Å². The third-order valence-corrected chi connectivity index (χ3v) is 1.63. The second-order valence-electron chi connectivity index (χ2n) is 2.45. The molecule has 1 aromatic rings. The van der Waals surface area contributed by atoms with Gasteiger partial charge in [0.1, 0.15) is 11.3 Å². The number of carbonyl (C=O) groups excluding carboxylic acids is 1. The lowest BCUT2D eigenvalue weighted by Crippen LogP contribution is -2.15. The highest BCUT2D eigenvalue weighted by molar-refractivity contribution is 5.78.